The van der Waals surface area contributed by atoms with Crippen LogP contribution in [0.1, 0.15) is 17.5 Å². The van der Waals surface area contributed by atoms with Gasteiger partial charge in [-0.2, -0.15) is 0 Å². The third kappa shape index (κ3) is 1.42. The quantitative estimate of drug-likeness (QED) is 0.652. The second-order valence-corrected chi connectivity index (χ2v) is 3.76. The molecule has 13 heavy (non-hydrogen) atoms. The summed E-state index contributed by atoms with van der Waals surface area (Å²) in [6.45, 7) is 2.10. The minimum Gasteiger partial charge on any atom is -0.374 e. The number of aliphatic hydroxyl groups excluding tert-OH is 1. The van der Waals surface area contributed by atoms with Crippen molar-refractivity contribution in [3.63, 3.8) is 0 Å². The van der Waals surface area contributed by atoms with Gasteiger partial charge < -0.3 is 10.0 Å². The van der Waals surface area contributed by atoms with Crippen molar-refractivity contribution in [3.8, 4) is 0 Å². The van der Waals surface area contributed by atoms with Gasteiger partial charge >= 0.3 is 0 Å². The van der Waals surface area contributed by atoms with E-state index in [4.69, 9.17) is 0 Å². The molecule has 2 heteroatoms. The van der Waals surface area contributed by atoms with E-state index in [2.05, 4.69) is 25.1 Å². The van der Waals surface area contributed by atoms with E-state index in [9.17, 15) is 5.11 Å². The molecule has 1 heterocycles. The Labute approximate surface area is 78.8 Å². The van der Waals surface area contributed by atoms with E-state index >= 15 is 0 Å². The molecule has 2 rings (SSSR count). The Bertz CT molecular complexity index is 322. The van der Waals surface area contributed by atoms with Crippen LogP contribution in [0.3, 0.4) is 0 Å². The van der Waals surface area contributed by atoms with Crippen LogP contribution in [-0.2, 0) is 6.42 Å². The number of nitrogens with zero attached hydrogens (tertiary/aromatic N) is 1. The molecule has 1 aliphatic heterocycles. The van der Waals surface area contributed by atoms with Crippen LogP contribution in [0.4, 0.5) is 5.69 Å². The fourth-order valence-corrected chi connectivity index (χ4v) is 1.90. The van der Waals surface area contributed by atoms with E-state index in [1.54, 1.807) is 0 Å². The molecule has 0 saturated heterocycles. The second kappa shape index (κ2) is 3.04. The van der Waals surface area contributed by atoms with Gasteiger partial charge in [0.15, 0.2) is 0 Å². The second-order valence-electron chi connectivity index (χ2n) is 3.76. The largest absolute Gasteiger partial charge is 0.374 e. The SMILES string of the molecule is Cc1ccc2c(c1)CCC(O)N2C. The number of aliphatic hydroxyl groups is 1. The molecule has 0 amide bonds. The Balaban J connectivity index is 2.44. The van der Waals surface area contributed by atoms with E-state index in [0.29, 0.717) is 0 Å². The maximum absolute atomic E-state index is 9.62. The van der Waals surface area contributed by atoms with E-state index < -0.39 is 0 Å². The zero-order valence-corrected chi connectivity index (χ0v) is 8.12. The highest BCUT2D eigenvalue weighted by Gasteiger charge is 2.20. The minimum atomic E-state index is -0.310. The first-order valence-electron chi connectivity index (χ1n) is 4.69. The summed E-state index contributed by atoms with van der Waals surface area (Å²) < 4.78 is 0. The van der Waals surface area contributed by atoms with Crippen molar-refractivity contribution >= 4 is 5.69 Å². The molecule has 0 radical (unpaired) electrons. The van der Waals surface area contributed by atoms with Crippen molar-refractivity contribution in [3.05, 3.63) is 29.3 Å². The zero-order valence-electron chi connectivity index (χ0n) is 8.12. The first-order valence-corrected chi connectivity index (χ1v) is 4.69. The molecular weight excluding hydrogens is 162 g/mol. The number of hydrogen-bond acceptors (Lipinski definition) is 2. The highest BCUT2D eigenvalue weighted by atomic mass is 16.3. The fourth-order valence-electron chi connectivity index (χ4n) is 1.90. The zero-order chi connectivity index (χ0) is 9.42. The monoisotopic (exact) mass is 177 g/mol. The minimum absolute atomic E-state index is 0.310. The summed E-state index contributed by atoms with van der Waals surface area (Å²) in [5, 5.41) is 9.62. The van der Waals surface area contributed by atoms with Crippen LogP contribution >= 0.6 is 0 Å². The smallest absolute Gasteiger partial charge is 0.126 e. The molecular formula is C11H15NO. The standard InChI is InChI=1S/C11H15NO/c1-8-3-5-10-9(7-8)4-6-11(13)12(10)2/h3,5,7,11,13H,4,6H2,1-2H3. The summed E-state index contributed by atoms with van der Waals surface area (Å²) in [5.41, 5.74) is 3.82. The maximum Gasteiger partial charge on any atom is 0.126 e. The van der Waals surface area contributed by atoms with Crippen molar-refractivity contribution in [2.24, 2.45) is 0 Å². The number of hydrogen-bond donors (Lipinski definition) is 1. The van der Waals surface area contributed by atoms with E-state index in [-0.39, 0.29) is 6.23 Å². The molecule has 0 spiro atoms. The van der Waals surface area contributed by atoms with Crippen molar-refractivity contribution in [1.29, 1.82) is 0 Å². The third-order valence-corrected chi connectivity index (χ3v) is 2.73. The average molecular weight is 177 g/mol. The molecule has 2 nitrogen and oxygen atoms in total. The van der Waals surface area contributed by atoms with Crippen molar-refractivity contribution in [1.82, 2.24) is 0 Å². The van der Waals surface area contributed by atoms with Gasteiger partial charge in [0, 0.05) is 12.7 Å². The van der Waals surface area contributed by atoms with Gasteiger partial charge in [-0.05, 0) is 31.4 Å². The first kappa shape index (κ1) is 8.57. The Morgan fingerprint density at radius 1 is 1.46 bits per heavy atom. The molecule has 70 valence electrons. The van der Waals surface area contributed by atoms with Crippen molar-refractivity contribution in [2.75, 3.05) is 11.9 Å². The van der Waals surface area contributed by atoms with Gasteiger partial charge in [-0.1, -0.05) is 17.7 Å². The number of anilines is 1. The highest BCUT2D eigenvalue weighted by molar-refractivity contribution is 5.56. The molecule has 1 atom stereocenters. The molecule has 0 aliphatic carbocycles. The molecule has 0 aromatic heterocycles. The third-order valence-electron chi connectivity index (χ3n) is 2.73. The predicted molar refractivity (Wildman–Crippen MR) is 53.9 cm³/mol. The first-order chi connectivity index (χ1) is 6.18. The topological polar surface area (TPSA) is 23.5 Å². The lowest BCUT2D eigenvalue weighted by atomic mass is 9.99. The lowest BCUT2D eigenvalue weighted by Gasteiger charge is -2.32. The average Bonchev–Trinajstić information content (AvgIpc) is 2.12. The van der Waals surface area contributed by atoms with E-state index in [0.717, 1.165) is 12.8 Å². The molecule has 1 aromatic rings. The van der Waals surface area contributed by atoms with Gasteiger partial charge in [0.2, 0.25) is 0 Å². The Hall–Kier alpha value is -1.02. The number of aryl methyl sites for hydroxylation is 2. The predicted octanol–water partition coefficient (Wildman–Crippen LogP) is 1.70. The van der Waals surface area contributed by atoms with Crippen LogP contribution in [0.25, 0.3) is 0 Å². The van der Waals surface area contributed by atoms with Crippen LogP contribution in [0.15, 0.2) is 18.2 Å². The molecule has 1 unspecified atom stereocenters. The van der Waals surface area contributed by atoms with Crippen LogP contribution in [0, 0.1) is 6.92 Å². The van der Waals surface area contributed by atoms with Crippen LogP contribution in [0.5, 0.6) is 0 Å². The molecule has 1 N–H and O–H groups in total. The number of benzene rings is 1. The fraction of sp³-hybridized carbons (Fsp3) is 0.455. The summed E-state index contributed by atoms with van der Waals surface area (Å²) >= 11 is 0. The Kier molecular flexibility index (Phi) is 2.00. The summed E-state index contributed by atoms with van der Waals surface area (Å²) in [7, 11) is 1.94. The van der Waals surface area contributed by atoms with Crippen molar-refractivity contribution < 1.29 is 5.11 Å². The Morgan fingerprint density at radius 2 is 2.23 bits per heavy atom. The molecule has 0 bridgehead atoms. The number of rotatable bonds is 0. The molecule has 0 fully saturated rings. The highest BCUT2D eigenvalue weighted by Crippen LogP contribution is 2.28. The van der Waals surface area contributed by atoms with Gasteiger partial charge in [-0.25, -0.2) is 0 Å². The lowest BCUT2D eigenvalue weighted by Crippen LogP contribution is -2.35. The van der Waals surface area contributed by atoms with Crippen LogP contribution < -0.4 is 4.90 Å². The van der Waals surface area contributed by atoms with E-state index in [1.807, 2.05) is 11.9 Å². The van der Waals surface area contributed by atoms with Gasteiger partial charge in [0.25, 0.3) is 0 Å². The van der Waals surface area contributed by atoms with Crippen molar-refractivity contribution in [2.45, 2.75) is 26.0 Å². The van der Waals surface area contributed by atoms with Crippen LogP contribution in [0.2, 0.25) is 0 Å². The maximum atomic E-state index is 9.62. The van der Waals surface area contributed by atoms with Gasteiger partial charge in [0.1, 0.15) is 6.23 Å². The molecule has 1 aromatic carbocycles. The molecule has 0 saturated carbocycles. The van der Waals surface area contributed by atoms with Gasteiger partial charge in [-0.15, -0.1) is 0 Å². The lowest BCUT2D eigenvalue weighted by molar-refractivity contribution is 0.160. The van der Waals surface area contributed by atoms with Crippen LogP contribution in [-0.4, -0.2) is 18.4 Å². The normalized spacial score (nSPS) is 21.5. The summed E-state index contributed by atoms with van der Waals surface area (Å²) in [4.78, 5) is 1.94. The molecule has 1 aliphatic rings. The Morgan fingerprint density at radius 3 is 3.00 bits per heavy atom. The summed E-state index contributed by atoms with van der Waals surface area (Å²) in [6.07, 6.45) is 1.52. The van der Waals surface area contributed by atoms with Gasteiger partial charge in [-0.3, -0.25) is 0 Å². The summed E-state index contributed by atoms with van der Waals surface area (Å²) in [6, 6.07) is 6.39. The van der Waals surface area contributed by atoms with Gasteiger partial charge in [0.05, 0.1) is 0 Å². The summed E-state index contributed by atoms with van der Waals surface area (Å²) in [5.74, 6) is 0. The van der Waals surface area contributed by atoms with E-state index in [1.165, 1.54) is 16.8 Å². The number of fused-ring (bicyclic) bond motifs is 1.